The number of amides is 2. The highest BCUT2D eigenvalue weighted by Crippen LogP contribution is 2.23. The Morgan fingerprint density at radius 1 is 1.21 bits per heavy atom. The minimum atomic E-state index is -0.0147. The van der Waals surface area contributed by atoms with Gasteiger partial charge in [-0.25, -0.2) is 4.79 Å². The van der Waals surface area contributed by atoms with Gasteiger partial charge in [0.1, 0.15) is 0 Å². The summed E-state index contributed by atoms with van der Waals surface area (Å²) in [6, 6.07) is 10.4. The van der Waals surface area contributed by atoms with Crippen molar-refractivity contribution in [1.29, 1.82) is 0 Å². The number of nitrogens with zero attached hydrogens (tertiary/aromatic N) is 1. The lowest BCUT2D eigenvalue weighted by Crippen LogP contribution is -2.42. The SMILES string of the molecule is CNC(=O)N(C=Cc1ccccc1)C1CCCCC1. The molecule has 3 nitrogen and oxygen atoms in total. The van der Waals surface area contributed by atoms with Gasteiger partial charge in [-0.05, 0) is 24.5 Å². The first-order valence-corrected chi connectivity index (χ1v) is 7.04. The lowest BCUT2D eigenvalue weighted by molar-refractivity contribution is 0.187. The van der Waals surface area contributed by atoms with E-state index in [-0.39, 0.29) is 6.03 Å². The fourth-order valence-electron chi connectivity index (χ4n) is 2.57. The number of hydrogen-bond donors (Lipinski definition) is 1. The molecular weight excluding hydrogens is 236 g/mol. The smallest absolute Gasteiger partial charge is 0.321 e. The number of nitrogens with one attached hydrogen (secondary N) is 1. The van der Waals surface area contributed by atoms with Crippen LogP contribution in [-0.4, -0.2) is 24.0 Å². The fraction of sp³-hybridized carbons (Fsp3) is 0.438. The summed E-state index contributed by atoms with van der Waals surface area (Å²) in [5.74, 6) is 0. The van der Waals surface area contributed by atoms with Gasteiger partial charge < -0.3 is 5.32 Å². The van der Waals surface area contributed by atoms with Gasteiger partial charge >= 0.3 is 6.03 Å². The van der Waals surface area contributed by atoms with Gasteiger partial charge in [-0.3, -0.25) is 4.90 Å². The first-order valence-electron chi connectivity index (χ1n) is 7.04. The molecule has 0 spiro atoms. The van der Waals surface area contributed by atoms with Gasteiger partial charge in [-0.1, -0.05) is 49.6 Å². The topological polar surface area (TPSA) is 32.3 Å². The molecule has 0 unspecified atom stereocenters. The van der Waals surface area contributed by atoms with E-state index in [0.29, 0.717) is 6.04 Å². The first kappa shape index (κ1) is 13.7. The molecule has 1 aromatic rings. The van der Waals surface area contributed by atoms with E-state index in [0.717, 1.165) is 18.4 Å². The van der Waals surface area contributed by atoms with Crippen molar-refractivity contribution in [2.45, 2.75) is 38.1 Å². The van der Waals surface area contributed by atoms with E-state index in [4.69, 9.17) is 0 Å². The number of benzene rings is 1. The van der Waals surface area contributed by atoms with Gasteiger partial charge in [-0.15, -0.1) is 0 Å². The van der Waals surface area contributed by atoms with Crippen LogP contribution in [0.3, 0.4) is 0 Å². The van der Waals surface area contributed by atoms with Crippen molar-refractivity contribution < 1.29 is 4.79 Å². The molecule has 1 saturated carbocycles. The summed E-state index contributed by atoms with van der Waals surface area (Å²) >= 11 is 0. The molecular formula is C16H22N2O. The van der Waals surface area contributed by atoms with Gasteiger partial charge in [0.15, 0.2) is 0 Å². The zero-order valence-corrected chi connectivity index (χ0v) is 11.5. The van der Waals surface area contributed by atoms with Crippen LogP contribution in [0.15, 0.2) is 36.5 Å². The zero-order valence-electron chi connectivity index (χ0n) is 11.5. The van der Waals surface area contributed by atoms with Crippen LogP contribution in [0.2, 0.25) is 0 Å². The summed E-state index contributed by atoms with van der Waals surface area (Å²) in [6.07, 6.45) is 9.86. The predicted molar refractivity (Wildman–Crippen MR) is 78.6 cm³/mol. The van der Waals surface area contributed by atoms with E-state index in [2.05, 4.69) is 5.32 Å². The monoisotopic (exact) mass is 258 g/mol. The normalized spacial score (nSPS) is 16.5. The average molecular weight is 258 g/mol. The minimum absolute atomic E-state index is 0.0147. The van der Waals surface area contributed by atoms with Crippen LogP contribution in [0, 0.1) is 0 Å². The Bertz CT molecular complexity index is 422. The molecule has 0 bridgehead atoms. The molecule has 1 fully saturated rings. The maximum absolute atomic E-state index is 12.0. The number of urea groups is 1. The molecule has 2 amide bonds. The fourth-order valence-corrected chi connectivity index (χ4v) is 2.57. The highest BCUT2D eigenvalue weighted by molar-refractivity contribution is 5.76. The quantitative estimate of drug-likeness (QED) is 0.882. The lowest BCUT2D eigenvalue weighted by atomic mass is 9.94. The number of carbonyl (C=O) groups is 1. The summed E-state index contributed by atoms with van der Waals surface area (Å²) < 4.78 is 0. The Morgan fingerprint density at radius 3 is 2.53 bits per heavy atom. The molecule has 0 radical (unpaired) electrons. The molecule has 1 aromatic carbocycles. The third-order valence-corrected chi connectivity index (χ3v) is 3.64. The molecule has 1 N–H and O–H groups in total. The van der Waals surface area contributed by atoms with Crippen molar-refractivity contribution >= 4 is 12.1 Å². The first-order chi connectivity index (χ1) is 9.31. The van der Waals surface area contributed by atoms with Crippen LogP contribution in [0.25, 0.3) is 6.08 Å². The molecule has 0 saturated heterocycles. The summed E-state index contributed by atoms with van der Waals surface area (Å²) in [6.45, 7) is 0. The predicted octanol–water partition coefficient (Wildman–Crippen LogP) is 3.63. The van der Waals surface area contributed by atoms with Gasteiger partial charge in [0.05, 0.1) is 0 Å². The molecule has 3 heteroatoms. The maximum atomic E-state index is 12.0. The third kappa shape index (κ3) is 3.85. The maximum Gasteiger partial charge on any atom is 0.321 e. The van der Waals surface area contributed by atoms with Gasteiger partial charge in [0.25, 0.3) is 0 Å². The number of carbonyl (C=O) groups excluding carboxylic acids is 1. The highest BCUT2D eigenvalue weighted by atomic mass is 16.2. The number of rotatable bonds is 3. The molecule has 1 aliphatic rings. The molecule has 0 aromatic heterocycles. The van der Waals surface area contributed by atoms with E-state index in [9.17, 15) is 4.79 Å². The van der Waals surface area contributed by atoms with Crippen LogP contribution < -0.4 is 5.32 Å². The Hall–Kier alpha value is -1.77. The minimum Gasteiger partial charge on any atom is -0.341 e. The third-order valence-electron chi connectivity index (χ3n) is 3.64. The second kappa shape index (κ2) is 6.98. The van der Waals surface area contributed by atoms with Crippen molar-refractivity contribution in [1.82, 2.24) is 10.2 Å². The van der Waals surface area contributed by atoms with Crippen molar-refractivity contribution in [3.05, 3.63) is 42.1 Å². The summed E-state index contributed by atoms with van der Waals surface area (Å²) in [5, 5.41) is 2.73. The number of hydrogen-bond acceptors (Lipinski definition) is 1. The zero-order chi connectivity index (χ0) is 13.5. The summed E-state index contributed by atoms with van der Waals surface area (Å²) in [7, 11) is 1.69. The molecule has 102 valence electrons. The van der Waals surface area contributed by atoms with Crippen LogP contribution >= 0.6 is 0 Å². The van der Waals surface area contributed by atoms with Crippen LogP contribution in [0.5, 0.6) is 0 Å². The van der Waals surface area contributed by atoms with Crippen LogP contribution in [0.1, 0.15) is 37.7 Å². The van der Waals surface area contributed by atoms with Crippen molar-refractivity contribution in [2.75, 3.05) is 7.05 Å². The Balaban J connectivity index is 2.09. The highest BCUT2D eigenvalue weighted by Gasteiger charge is 2.22. The van der Waals surface area contributed by atoms with E-state index < -0.39 is 0 Å². The lowest BCUT2D eigenvalue weighted by Gasteiger charge is -2.31. The van der Waals surface area contributed by atoms with Gasteiger partial charge in [0.2, 0.25) is 0 Å². The van der Waals surface area contributed by atoms with Crippen molar-refractivity contribution in [3.8, 4) is 0 Å². The summed E-state index contributed by atoms with van der Waals surface area (Å²) in [5.41, 5.74) is 1.12. The molecule has 19 heavy (non-hydrogen) atoms. The van der Waals surface area contributed by atoms with Crippen LogP contribution in [-0.2, 0) is 0 Å². The Morgan fingerprint density at radius 2 is 1.89 bits per heavy atom. The Kier molecular flexibility index (Phi) is 5.01. The standard InChI is InChI=1S/C16H22N2O/c1-17-16(19)18(15-10-6-3-7-11-15)13-12-14-8-4-2-5-9-14/h2,4-5,8-9,12-13,15H,3,6-7,10-11H2,1H3,(H,17,19). The molecule has 0 heterocycles. The summed E-state index contributed by atoms with van der Waals surface area (Å²) in [4.78, 5) is 13.8. The molecule has 2 rings (SSSR count). The van der Waals surface area contributed by atoms with E-state index in [1.807, 2.05) is 47.5 Å². The van der Waals surface area contributed by atoms with E-state index in [1.54, 1.807) is 7.05 Å². The van der Waals surface area contributed by atoms with Crippen molar-refractivity contribution in [3.63, 3.8) is 0 Å². The second-order valence-corrected chi connectivity index (χ2v) is 4.98. The molecule has 0 atom stereocenters. The van der Waals surface area contributed by atoms with Gasteiger partial charge in [-0.2, -0.15) is 0 Å². The second-order valence-electron chi connectivity index (χ2n) is 4.98. The van der Waals surface area contributed by atoms with Crippen LogP contribution in [0.4, 0.5) is 4.79 Å². The van der Waals surface area contributed by atoms with E-state index >= 15 is 0 Å². The van der Waals surface area contributed by atoms with E-state index in [1.165, 1.54) is 19.3 Å². The Labute approximate surface area is 115 Å². The van der Waals surface area contributed by atoms with Crippen molar-refractivity contribution in [2.24, 2.45) is 0 Å². The van der Waals surface area contributed by atoms with Gasteiger partial charge in [0, 0.05) is 19.3 Å². The average Bonchev–Trinajstić information content (AvgIpc) is 2.49. The molecule has 1 aliphatic carbocycles. The molecule has 0 aliphatic heterocycles. The largest absolute Gasteiger partial charge is 0.341 e.